The lowest BCUT2D eigenvalue weighted by Gasteiger charge is -2.38. The summed E-state index contributed by atoms with van der Waals surface area (Å²) in [6, 6.07) is 15.5. The maximum atomic E-state index is 11.9. The molecule has 0 amide bonds. The number of carboxylic acids is 1. The fraction of sp³-hybridized carbons (Fsp3) is 0.300. The first kappa shape index (κ1) is 17.6. The number of fused-ring (bicyclic) bond motifs is 1. The molecule has 2 atom stereocenters. The van der Waals surface area contributed by atoms with Crippen molar-refractivity contribution in [2.45, 2.75) is 31.3 Å². The maximum absolute atomic E-state index is 11.9. The summed E-state index contributed by atoms with van der Waals surface area (Å²) in [6.45, 7) is 0.763. The molecule has 0 radical (unpaired) electrons. The third kappa shape index (κ3) is 3.29. The number of carboxylic acid groups (broad SMARTS) is 1. The van der Waals surface area contributed by atoms with Crippen LogP contribution in [0.25, 0.3) is 10.2 Å². The molecule has 1 aliphatic rings. The first-order chi connectivity index (χ1) is 12.6. The van der Waals surface area contributed by atoms with Gasteiger partial charge in [0.15, 0.2) is 0 Å². The van der Waals surface area contributed by atoms with Gasteiger partial charge in [0.25, 0.3) is 0 Å². The quantitative estimate of drug-likeness (QED) is 0.626. The molecule has 4 nitrogen and oxygen atoms in total. The number of hydrogen-bond acceptors (Lipinski definition) is 4. The molecule has 3 aromatic rings. The molecule has 1 N–H and O–H groups in total. The number of carbonyl (C=O) groups is 1. The van der Waals surface area contributed by atoms with Crippen molar-refractivity contribution < 1.29 is 9.90 Å². The van der Waals surface area contributed by atoms with Crippen molar-refractivity contribution in [1.82, 2.24) is 9.88 Å². The van der Waals surface area contributed by atoms with Crippen LogP contribution in [0.4, 0.5) is 0 Å². The minimum Gasteiger partial charge on any atom is -0.480 e. The zero-order valence-corrected chi connectivity index (χ0v) is 16.5. The number of halogens is 1. The molecule has 2 unspecified atom stereocenters. The van der Waals surface area contributed by atoms with Gasteiger partial charge in [-0.2, -0.15) is 0 Å². The number of aliphatic carboxylic acids is 1. The Morgan fingerprint density at radius 3 is 2.73 bits per heavy atom. The van der Waals surface area contributed by atoms with E-state index in [1.165, 1.54) is 0 Å². The Hall–Kier alpha value is -1.76. The van der Waals surface area contributed by atoms with Crippen molar-refractivity contribution in [3.63, 3.8) is 0 Å². The number of rotatable bonds is 4. The van der Waals surface area contributed by atoms with E-state index in [0.29, 0.717) is 6.42 Å². The van der Waals surface area contributed by atoms with Crippen molar-refractivity contribution in [1.29, 1.82) is 0 Å². The summed E-state index contributed by atoms with van der Waals surface area (Å²) in [6.07, 6.45) is 2.65. The molecule has 1 saturated heterocycles. The van der Waals surface area contributed by atoms with E-state index in [0.717, 1.165) is 44.6 Å². The molecule has 1 aliphatic heterocycles. The molecule has 2 heterocycles. The topological polar surface area (TPSA) is 53.4 Å². The zero-order valence-electron chi connectivity index (χ0n) is 14.1. The standard InChI is InChI=1S/C20H19BrN2O2S/c21-14-8-2-1-7-13(14)18(23-12-6-5-10-16(23)20(24)25)19-22-15-9-3-4-11-17(15)26-19/h1-4,7-9,11,16,18H,5-6,10,12H2,(H,24,25). The summed E-state index contributed by atoms with van der Waals surface area (Å²) in [4.78, 5) is 18.9. The van der Waals surface area contributed by atoms with Gasteiger partial charge in [-0.3, -0.25) is 9.69 Å². The van der Waals surface area contributed by atoms with E-state index < -0.39 is 12.0 Å². The molecule has 4 rings (SSSR count). The van der Waals surface area contributed by atoms with Crippen molar-refractivity contribution in [2.75, 3.05) is 6.54 Å². The molecular weight excluding hydrogens is 412 g/mol. The highest BCUT2D eigenvalue weighted by atomic mass is 79.9. The highest BCUT2D eigenvalue weighted by Gasteiger charge is 2.37. The van der Waals surface area contributed by atoms with E-state index in [9.17, 15) is 9.90 Å². The highest BCUT2D eigenvalue weighted by molar-refractivity contribution is 9.10. The second kappa shape index (κ2) is 7.47. The summed E-state index contributed by atoms with van der Waals surface area (Å²) >= 11 is 5.31. The second-order valence-corrected chi connectivity index (χ2v) is 8.45. The number of likely N-dealkylation sites (tertiary alicyclic amines) is 1. The monoisotopic (exact) mass is 430 g/mol. The highest BCUT2D eigenvalue weighted by Crippen LogP contribution is 2.40. The van der Waals surface area contributed by atoms with Crippen LogP contribution in [0.1, 0.15) is 35.9 Å². The average Bonchev–Trinajstić information content (AvgIpc) is 3.07. The molecule has 26 heavy (non-hydrogen) atoms. The third-order valence-corrected chi connectivity index (χ3v) is 6.72. The minimum atomic E-state index is -0.747. The van der Waals surface area contributed by atoms with E-state index in [4.69, 9.17) is 4.98 Å². The first-order valence-corrected chi connectivity index (χ1v) is 10.3. The number of aromatic nitrogens is 1. The molecular formula is C20H19BrN2O2S. The van der Waals surface area contributed by atoms with Gasteiger partial charge in [-0.15, -0.1) is 11.3 Å². The number of piperidine rings is 1. The van der Waals surface area contributed by atoms with Crippen LogP contribution in [0, 0.1) is 0 Å². The van der Waals surface area contributed by atoms with Crippen molar-refractivity contribution in [3.05, 3.63) is 63.6 Å². The Balaban J connectivity index is 1.86. The lowest BCUT2D eigenvalue weighted by Crippen LogP contribution is -2.46. The van der Waals surface area contributed by atoms with Crippen LogP contribution in [-0.4, -0.2) is 33.5 Å². The Bertz CT molecular complexity index is 909. The summed E-state index contributed by atoms with van der Waals surface area (Å²) < 4.78 is 2.11. The van der Waals surface area contributed by atoms with Crippen LogP contribution in [0.2, 0.25) is 0 Å². The number of para-hydroxylation sites is 1. The average molecular weight is 431 g/mol. The smallest absolute Gasteiger partial charge is 0.320 e. The Morgan fingerprint density at radius 1 is 1.19 bits per heavy atom. The molecule has 0 saturated carbocycles. The largest absolute Gasteiger partial charge is 0.480 e. The van der Waals surface area contributed by atoms with Gasteiger partial charge in [0, 0.05) is 11.0 Å². The van der Waals surface area contributed by atoms with Gasteiger partial charge in [0.2, 0.25) is 0 Å². The van der Waals surface area contributed by atoms with E-state index in [1.807, 2.05) is 36.4 Å². The molecule has 2 aromatic carbocycles. The van der Waals surface area contributed by atoms with Gasteiger partial charge in [0.05, 0.1) is 16.3 Å². The van der Waals surface area contributed by atoms with Gasteiger partial charge in [-0.1, -0.05) is 52.7 Å². The summed E-state index contributed by atoms with van der Waals surface area (Å²) in [5.41, 5.74) is 2.04. The summed E-state index contributed by atoms with van der Waals surface area (Å²) in [7, 11) is 0. The molecule has 6 heteroatoms. The SMILES string of the molecule is O=C(O)C1CCCCN1C(c1nc2ccccc2s1)c1ccccc1Br. The van der Waals surface area contributed by atoms with E-state index >= 15 is 0 Å². The van der Waals surface area contributed by atoms with Crippen LogP contribution in [0.3, 0.4) is 0 Å². The fourth-order valence-electron chi connectivity index (χ4n) is 3.69. The van der Waals surface area contributed by atoms with Crippen molar-refractivity contribution in [2.24, 2.45) is 0 Å². The maximum Gasteiger partial charge on any atom is 0.320 e. The number of nitrogens with zero attached hydrogens (tertiary/aromatic N) is 2. The molecule has 0 aliphatic carbocycles. The Labute approximate surface area is 164 Å². The summed E-state index contributed by atoms with van der Waals surface area (Å²) in [5, 5.41) is 10.7. The van der Waals surface area contributed by atoms with Crippen LogP contribution < -0.4 is 0 Å². The third-order valence-electron chi connectivity index (χ3n) is 4.91. The van der Waals surface area contributed by atoms with Crippen LogP contribution in [0.15, 0.2) is 53.0 Å². The Kier molecular flexibility index (Phi) is 5.07. The van der Waals surface area contributed by atoms with E-state index in [1.54, 1.807) is 11.3 Å². The molecule has 0 bridgehead atoms. The van der Waals surface area contributed by atoms with Gasteiger partial charge >= 0.3 is 5.97 Å². The molecule has 1 aromatic heterocycles. The predicted molar refractivity (Wildman–Crippen MR) is 108 cm³/mol. The second-order valence-electron chi connectivity index (χ2n) is 6.53. The summed E-state index contributed by atoms with van der Waals surface area (Å²) in [5.74, 6) is -0.747. The lowest BCUT2D eigenvalue weighted by atomic mass is 9.96. The number of hydrogen-bond donors (Lipinski definition) is 1. The lowest BCUT2D eigenvalue weighted by molar-refractivity contribution is -0.145. The van der Waals surface area contributed by atoms with Gasteiger partial charge in [0.1, 0.15) is 11.0 Å². The molecule has 134 valence electrons. The fourth-order valence-corrected chi connectivity index (χ4v) is 5.30. The predicted octanol–water partition coefficient (Wildman–Crippen LogP) is 5.09. The molecule has 0 spiro atoms. The van der Waals surface area contributed by atoms with E-state index in [2.05, 4.69) is 33.0 Å². The number of thiazole rings is 1. The zero-order chi connectivity index (χ0) is 18.1. The number of benzene rings is 2. The van der Waals surface area contributed by atoms with Gasteiger partial charge < -0.3 is 5.11 Å². The van der Waals surface area contributed by atoms with Crippen LogP contribution in [0.5, 0.6) is 0 Å². The van der Waals surface area contributed by atoms with Crippen LogP contribution in [-0.2, 0) is 4.79 Å². The van der Waals surface area contributed by atoms with Crippen molar-refractivity contribution in [3.8, 4) is 0 Å². The van der Waals surface area contributed by atoms with Gasteiger partial charge in [-0.25, -0.2) is 4.98 Å². The van der Waals surface area contributed by atoms with Crippen molar-refractivity contribution >= 4 is 43.5 Å². The minimum absolute atomic E-state index is 0.163. The first-order valence-electron chi connectivity index (χ1n) is 8.73. The Morgan fingerprint density at radius 2 is 1.96 bits per heavy atom. The molecule has 1 fully saturated rings. The van der Waals surface area contributed by atoms with Crippen LogP contribution >= 0.6 is 27.3 Å². The normalized spacial score (nSPS) is 19.5. The van der Waals surface area contributed by atoms with Gasteiger partial charge in [-0.05, 0) is 36.6 Å². The van der Waals surface area contributed by atoms with E-state index in [-0.39, 0.29) is 6.04 Å².